The summed E-state index contributed by atoms with van der Waals surface area (Å²) in [4.78, 5) is 7.23. The molecule has 1 heterocycles. The minimum atomic E-state index is 0. The summed E-state index contributed by atoms with van der Waals surface area (Å²) in [6.45, 7) is 2.13. The summed E-state index contributed by atoms with van der Waals surface area (Å²) in [5.74, 6) is 1.34. The standard InChI is InChI=1S/C7H11ClN2.ClH/c1-2-3-6-5-9-7(4-8)10-6;/h5H,2-4H2,1H3,(H,9,10);1H. The van der Waals surface area contributed by atoms with Crippen molar-refractivity contribution >= 4 is 24.0 Å². The molecule has 1 rings (SSSR count). The van der Waals surface area contributed by atoms with Gasteiger partial charge in [0.25, 0.3) is 0 Å². The van der Waals surface area contributed by atoms with E-state index in [2.05, 4.69) is 16.9 Å². The highest BCUT2D eigenvalue weighted by Crippen LogP contribution is 2.01. The van der Waals surface area contributed by atoms with Crippen molar-refractivity contribution < 1.29 is 0 Å². The van der Waals surface area contributed by atoms with Gasteiger partial charge >= 0.3 is 0 Å². The minimum absolute atomic E-state index is 0. The summed E-state index contributed by atoms with van der Waals surface area (Å²) in [6, 6.07) is 0. The van der Waals surface area contributed by atoms with Crippen molar-refractivity contribution in [1.82, 2.24) is 9.97 Å². The predicted molar refractivity (Wildman–Crippen MR) is 49.4 cm³/mol. The average molecular weight is 195 g/mol. The number of imidazole rings is 1. The second-order valence-corrected chi connectivity index (χ2v) is 2.49. The van der Waals surface area contributed by atoms with Crippen molar-refractivity contribution in [3.05, 3.63) is 17.7 Å². The van der Waals surface area contributed by atoms with E-state index >= 15 is 0 Å². The number of nitrogens with one attached hydrogen (secondary N) is 1. The predicted octanol–water partition coefficient (Wildman–Crippen LogP) is 2.52. The second kappa shape index (κ2) is 5.44. The highest BCUT2D eigenvalue weighted by atomic mass is 35.5. The first-order valence-electron chi connectivity index (χ1n) is 3.46. The van der Waals surface area contributed by atoms with E-state index in [9.17, 15) is 0 Å². The Hall–Kier alpha value is -0.210. The van der Waals surface area contributed by atoms with Crippen LogP contribution in [0.15, 0.2) is 6.20 Å². The molecule has 0 radical (unpaired) electrons. The van der Waals surface area contributed by atoms with Gasteiger partial charge in [0.2, 0.25) is 0 Å². The summed E-state index contributed by atoms with van der Waals surface area (Å²) in [6.07, 6.45) is 4.08. The molecule has 0 fully saturated rings. The van der Waals surface area contributed by atoms with Crippen LogP contribution in [0, 0.1) is 0 Å². The fraction of sp³-hybridized carbons (Fsp3) is 0.571. The Morgan fingerprint density at radius 2 is 2.36 bits per heavy atom. The minimum Gasteiger partial charge on any atom is -0.347 e. The molecule has 0 spiro atoms. The number of aromatic nitrogens is 2. The van der Waals surface area contributed by atoms with Gasteiger partial charge in [-0.25, -0.2) is 4.98 Å². The lowest BCUT2D eigenvalue weighted by Gasteiger charge is -1.86. The van der Waals surface area contributed by atoms with Crippen molar-refractivity contribution in [2.75, 3.05) is 0 Å². The number of hydrogen-bond donors (Lipinski definition) is 1. The lowest BCUT2D eigenvalue weighted by Crippen LogP contribution is -1.83. The third-order valence-electron chi connectivity index (χ3n) is 1.32. The van der Waals surface area contributed by atoms with Gasteiger partial charge < -0.3 is 4.98 Å². The summed E-state index contributed by atoms with van der Waals surface area (Å²) in [5, 5.41) is 0. The van der Waals surface area contributed by atoms with Gasteiger partial charge in [-0.15, -0.1) is 24.0 Å². The van der Waals surface area contributed by atoms with Crippen molar-refractivity contribution in [3.63, 3.8) is 0 Å². The lowest BCUT2D eigenvalue weighted by molar-refractivity contribution is 0.887. The lowest BCUT2D eigenvalue weighted by atomic mass is 10.3. The molecule has 0 atom stereocenters. The zero-order valence-electron chi connectivity index (χ0n) is 6.43. The number of halogens is 2. The molecule has 0 bridgehead atoms. The summed E-state index contributed by atoms with van der Waals surface area (Å²) >= 11 is 5.55. The van der Waals surface area contributed by atoms with E-state index < -0.39 is 0 Å². The van der Waals surface area contributed by atoms with Crippen LogP contribution in [0.5, 0.6) is 0 Å². The van der Waals surface area contributed by atoms with E-state index in [0.29, 0.717) is 5.88 Å². The van der Waals surface area contributed by atoms with Crippen LogP contribution in [0.3, 0.4) is 0 Å². The maximum absolute atomic E-state index is 5.55. The Morgan fingerprint density at radius 3 is 2.82 bits per heavy atom. The summed E-state index contributed by atoms with van der Waals surface area (Å²) in [7, 11) is 0. The first kappa shape index (κ1) is 10.8. The van der Waals surface area contributed by atoms with Crippen LogP contribution in [-0.4, -0.2) is 9.97 Å². The van der Waals surface area contributed by atoms with Crippen molar-refractivity contribution in [1.29, 1.82) is 0 Å². The molecule has 1 aromatic rings. The van der Waals surface area contributed by atoms with Gasteiger partial charge in [0, 0.05) is 6.20 Å². The molecule has 0 aliphatic heterocycles. The second-order valence-electron chi connectivity index (χ2n) is 2.22. The molecule has 4 heteroatoms. The molecule has 0 saturated heterocycles. The fourth-order valence-corrected chi connectivity index (χ4v) is 0.994. The third kappa shape index (κ3) is 3.12. The van der Waals surface area contributed by atoms with E-state index in [-0.39, 0.29) is 12.4 Å². The molecule has 1 N–H and O–H groups in total. The Labute approximate surface area is 77.8 Å². The van der Waals surface area contributed by atoms with Crippen molar-refractivity contribution in [2.24, 2.45) is 0 Å². The normalized spacial score (nSPS) is 9.27. The smallest absolute Gasteiger partial charge is 0.121 e. The SMILES string of the molecule is CCCc1c[nH]c(CCl)n1.Cl. The highest BCUT2D eigenvalue weighted by molar-refractivity contribution is 6.16. The quantitative estimate of drug-likeness (QED) is 0.737. The van der Waals surface area contributed by atoms with Gasteiger partial charge in [-0.05, 0) is 6.42 Å². The van der Waals surface area contributed by atoms with Crippen LogP contribution in [0.1, 0.15) is 24.9 Å². The summed E-state index contributed by atoms with van der Waals surface area (Å²) < 4.78 is 0. The molecular weight excluding hydrogens is 183 g/mol. The molecule has 0 aliphatic rings. The first-order valence-corrected chi connectivity index (χ1v) is 3.99. The zero-order valence-corrected chi connectivity index (χ0v) is 8.00. The van der Waals surface area contributed by atoms with Crippen LogP contribution in [-0.2, 0) is 12.3 Å². The van der Waals surface area contributed by atoms with Crippen LogP contribution in [0.2, 0.25) is 0 Å². The van der Waals surface area contributed by atoms with Crippen LogP contribution < -0.4 is 0 Å². The molecule has 11 heavy (non-hydrogen) atoms. The highest BCUT2D eigenvalue weighted by Gasteiger charge is 1.96. The van der Waals surface area contributed by atoms with E-state index in [0.717, 1.165) is 24.4 Å². The number of aromatic amines is 1. The van der Waals surface area contributed by atoms with Gasteiger partial charge in [0.15, 0.2) is 0 Å². The number of rotatable bonds is 3. The maximum Gasteiger partial charge on any atom is 0.121 e. The van der Waals surface area contributed by atoms with Gasteiger partial charge in [0.05, 0.1) is 11.6 Å². The van der Waals surface area contributed by atoms with Gasteiger partial charge in [-0.2, -0.15) is 0 Å². The monoisotopic (exact) mass is 194 g/mol. The van der Waals surface area contributed by atoms with E-state index in [1.54, 1.807) is 0 Å². The van der Waals surface area contributed by atoms with Crippen LogP contribution >= 0.6 is 24.0 Å². The van der Waals surface area contributed by atoms with Crippen LogP contribution in [0.4, 0.5) is 0 Å². The number of H-pyrrole nitrogens is 1. The Bertz CT molecular complexity index is 198. The van der Waals surface area contributed by atoms with Gasteiger partial charge in [-0.1, -0.05) is 13.3 Å². The Morgan fingerprint density at radius 1 is 1.64 bits per heavy atom. The topological polar surface area (TPSA) is 28.7 Å². The van der Waals surface area contributed by atoms with Gasteiger partial charge in [0.1, 0.15) is 5.82 Å². The largest absolute Gasteiger partial charge is 0.347 e. The number of aryl methyl sites for hydroxylation is 1. The number of nitrogens with zero attached hydrogens (tertiary/aromatic N) is 1. The first-order chi connectivity index (χ1) is 4.86. The number of hydrogen-bond acceptors (Lipinski definition) is 1. The zero-order chi connectivity index (χ0) is 7.40. The number of alkyl halides is 1. The summed E-state index contributed by atoms with van der Waals surface area (Å²) in [5.41, 5.74) is 1.11. The van der Waals surface area contributed by atoms with Crippen LogP contribution in [0.25, 0.3) is 0 Å². The maximum atomic E-state index is 5.55. The molecule has 1 aromatic heterocycles. The molecule has 0 saturated carbocycles. The van der Waals surface area contributed by atoms with Gasteiger partial charge in [-0.3, -0.25) is 0 Å². The third-order valence-corrected chi connectivity index (χ3v) is 1.57. The Balaban J connectivity index is 0.000001000. The average Bonchev–Trinajstić information content (AvgIpc) is 2.37. The molecule has 0 amide bonds. The van der Waals surface area contributed by atoms with E-state index in [1.165, 1.54) is 0 Å². The molecule has 0 unspecified atom stereocenters. The van der Waals surface area contributed by atoms with E-state index in [4.69, 9.17) is 11.6 Å². The Kier molecular flexibility index (Phi) is 5.34. The van der Waals surface area contributed by atoms with Crippen molar-refractivity contribution in [2.45, 2.75) is 25.6 Å². The molecule has 0 aromatic carbocycles. The molecule has 2 nitrogen and oxygen atoms in total. The molecule has 0 aliphatic carbocycles. The molecule has 64 valence electrons. The fourth-order valence-electron chi connectivity index (χ4n) is 0.857. The molecular formula is C7H12Cl2N2. The van der Waals surface area contributed by atoms with E-state index in [1.807, 2.05) is 6.20 Å². The van der Waals surface area contributed by atoms with Crippen molar-refractivity contribution in [3.8, 4) is 0 Å².